The molecule has 202 valence electrons. The molecule has 2 aromatic rings. The van der Waals surface area contributed by atoms with Crippen LogP contribution in [0, 0.1) is 6.92 Å². The Labute approximate surface area is 225 Å². The monoisotopic (exact) mass is 549 g/mol. The molecule has 0 radical (unpaired) electrons. The zero-order chi connectivity index (χ0) is 27.2. The van der Waals surface area contributed by atoms with Gasteiger partial charge in [0.1, 0.15) is 18.3 Å². The summed E-state index contributed by atoms with van der Waals surface area (Å²) in [6.07, 6.45) is 6.17. The van der Waals surface area contributed by atoms with Crippen LogP contribution in [0.5, 0.6) is 5.75 Å². The molecule has 0 aromatic heterocycles. The first-order valence-corrected chi connectivity index (χ1v) is 14.7. The third-order valence-electron chi connectivity index (χ3n) is 6.82. The van der Waals surface area contributed by atoms with Gasteiger partial charge in [0.05, 0.1) is 24.1 Å². The molecule has 1 fully saturated rings. The van der Waals surface area contributed by atoms with Crippen molar-refractivity contribution >= 4 is 39.1 Å². The van der Waals surface area contributed by atoms with Gasteiger partial charge in [-0.3, -0.25) is 13.9 Å². The zero-order valence-corrected chi connectivity index (χ0v) is 23.4. The number of nitrogens with zero attached hydrogens (tertiary/aromatic N) is 2. The number of rotatable bonds is 10. The van der Waals surface area contributed by atoms with Gasteiger partial charge >= 0.3 is 0 Å². The minimum atomic E-state index is -3.85. The fourth-order valence-corrected chi connectivity index (χ4v) is 5.64. The van der Waals surface area contributed by atoms with Gasteiger partial charge in [0.15, 0.2) is 0 Å². The third-order valence-corrected chi connectivity index (χ3v) is 8.26. The second-order valence-corrected chi connectivity index (χ2v) is 11.9. The molecular formula is C27H36ClN3O5S. The topological polar surface area (TPSA) is 96.0 Å². The Balaban J connectivity index is 1.90. The number of amides is 2. The summed E-state index contributed by atoms with van der Waals surface area (Å²) in [7, 11) is -2.39. The van der Waals surface area contributed by atoms with E-state index in [0.717, 1.165) is 53.8 Å². The second kappa shape index (κ2) is 12.6. The summed E-state index contributed by atoms with van der Waals surface area (Å²) in [4.78, 5) is 28.4. The first kappa shape index (κ1) is 28.8. The number of carbonyl (C=O) groups is 2. The van der Waals surface area contributed by atoms with Gasteiger partial charge in [-0.1, -0.05) is 55.1 Å². The quantitative estimate of drug-likeness (QED) is 0.477. The molecule has 1 atom stereocenters. The highest BCUT2D eigenvalue weighted by atomic mass is 35.5. The molecule has 2 aromatic carbocycles. The maximum absolute atomic E-state index is 13.7. The van der Waals surface area contributed by atoms with Crippen LogP contribution in [0.3, 0.4) is 0 Å². The van der Waals surface area contributed by atoms with Gasteiger partial charge < -0.3 is 15.0 Å². The lowest BCUT2D eigenvalue weighted by molar-refractivity contribution is -0.139. The van der Waals surface area contributed by atoms with Crippen LogP contribution in [0.25, 0.3) is 0 Å². The van der Waals surface area contributed by atoms with Crippen LogP contribution < -0.4 is 14.4 Å². The van der Waals surface area contributed by atoms with Crippen LogP contribution in [-0.2, 0) is 26.2 Å². The summed E-state index contributed by atoms with van der Waals surface area (Å²) in [5.74, 6) is -0.349. The van der Waals surface area contributed by atoms with E-state index in [0.29, 0.717) is 5.75 Å². The van der Waals surface area contributed by atoms with E-state index in [1.165, 1.54) is 24.1 Å². The molecule has 0 heterocycles. The molecule has 0 bridgehead atoms. The molecule has 0 spiro atoms. The third kappa shape index (κ3) is 7.61. The Kier molecular flexibility index (Phi) is 9.84. The van der Waals surface area contributed by atoms with Crippen LogP contribution in [-0.4, -0.2) is 57.1 Å². The number of sulfonamides is 1. The summed E-state index contributed by atoms with van der Waals surface area (Å²) in [6.45, 7) is 3.32. The molecule has 1 saturated carbocycles. The number of aryl methyl sites for hydroxylation is 1. The Hall–Kier alpha value is -2.78. The van der Waals surface area contributed by atoms with Crippen molar-refractivity contribution in [3.63, 3.8) is 0 Å². The number of carbonyl (C=O) groups excluding carboxylic acids is 2. The Morgan fingerprint density at radius 3 is 2.41 bits per heavy atom. The number of anilines is 1. The van der Waals surface area contributed by atoms with Crippen molar-refractivity contribution in [2.24, 2.45) is 0 Å². The highest BCUT2D eigenvalue weighted by Crippen LogP contribution is 2.30. The Morgan fingerprint density at radius 1 is 1.14 bits per heavy atom. The zero-order valence-electron chi connectivity index (χ0n) is 21.9. The number of benzene rings is 2. The predicted molar refractivity (Wildman–Crippen MR) is 146 cm³/mol. The van der Waals surface area contributed by atoms with Gasteiger partial charge in [0.2, 0.25) is 21.8 Å². The number of hydrogen-bond donors (Lipinski definition) is 1. The molecule has 10 heteroatoms. The van der Waals surface area contributed by atoms with E-state index in [9.17, 15) is 18.0 Å². The molecule has 0 saturated heterocycles. The second-order valence-electron chi connectivity index (χ2n) is 9.56. The van der Waals surface area contributed by atoms with E-state index in [1.807, 2.05) is 31.2 Å². The van der Waals surface area contributed by atoms with E-state index in [2.05, 4.69) is 5.32 Å². The van der Waals surface area contributed by atoms with Gasteiger partial charge in [-0.2, -0.15) is 0 Å². The molecule has 3 rings (SSSR count). The largest absolute Gasteiger partial charge is 0.495 e. The van der Waals surface area contributed by atoms with Crippen molar-refractivity contribution in [3.05, 3.63) is 58.6 Å². The maximum atomic E-state index is 13.7. The molecule has 8 nitrogen and oxygen atoms in total. The summed E-state index contributed by atoms with van der Waals surface area (Å²) in [5.41, 5.74) is 2.09. The van der Waals surface area contributed by atoms with Crippen LogP contribution in [0.2, 0.25) is 5.02 Å². The summed E-state index contributed by atoms with van der Waals surface area (Å²) >= 11 is 6.24. The van der Waals surface area contributed by atoms with E-state index in [1.54, 1.807) is 13.0 Å². The number of hydrogen-bond acceptors (Lipinski definition) is 5. The standard InChI is InChI=1S/C27H36ClN3O5S/c1-19-10-8-9-11-21(19)17-30(20(2)27(33)29-22-12-6-5-7-13-22)26(32)18-31(37(4,34)35)23-14-15-25(36-3)24(28)16-23/h8-11,14-16,20,22H,5-7,12-13,17-18H2,1-4H3,(H,29,33)/t20-/m0/s1. The van der Waals surface area contributed by atoms with Crippen LogP contribution in [0.15, 0.2) is 42.5 Å². The van der Waals surface area contributed by atoms with Crippen molar-refractivity contribution in [2.75, 3.05) is 24.2 Å². The van der Waals surface area contributed by atoms with Crippen molar-refractivity contribution in [1.29, 1.82) is 0 Å². The predicted octanol–water partition coefficient (Wildman–Crippen LogP) is 4.29. The van der Waals surface area contributed by atoms with Crippen molar-refractivity contribution in [2.45, 2.75) is 64.6 Å². The highest BCUT2D eigenvalue weighted by Gasteiger charge is 2.31. The number of ether oxygens (including phenoxy) is 1. The van der Waals surface area contributed by atoms with Gasteiger partial charge in [-0.25, -0.2) is 8.42 Å². The lowest BCUT2D eigenvalue weighted by atomic mass is 9.95. The molecule has 1 aliphatic rings. The maximum Gasteiger partial charge on any atom is 0.244 e. The molecule has 2 amide bonds. The molecule has 0 unspecified atom stereocenters. The number of nitrogens with one attached hydrogen (secondary N) is 1. The molecule has 1 N–H and O–H groups in total. The van der Waals surface area contributed by atoms with E-state index in [4.69, 9.17) is 16.3 Å². The molecule has 37 heavy (non-hydrogen) atoms. The van der Waals surface area contributed by atoms with Crippen LogP contribution in [0.4, 0.5) is 5.69 Å². The Bertz CT molecular complexity index is 1210. The van der Waals surface area contributed by atoms with Gasteiger partial charge in [0, 0.05) is 12.6 Å². The highest BCUT2D eigenvalue weighted by molar-refractivity contribution is 7.92. The van der Waals surface area contributed by atoms with E-state index < -0.39 is 28.5 Å². The van der Waals surface area contributed by atoms with Crippen LogP contribution >= 0.6 is 11.6 Å². The first-order chi connectivity index (χ1) is 17.5. The lowest BCUT2D eigenvalue weighted by Gasteiger charge is -2.33. The molecular weight excluding hydrogens is 514 g/mol. The fourth-order valence-electron chi connectivity index (χ4n) is 4.55. The van der Waals surface area contributed by atoms with E-state index in [-0.39, 0.29) is 29.2 Å². The molecule has 0 aliphatic heterocycles. The van der Waals surface area contributed by atoms with Crippen LogP contribution in [0.1, 0.15) is 50.2 Å². The van der Waals surface area contributed by atoms with E-state index >= 15 is 0 Å². The Morgan fingerprint density at radius 2 is 1.81 bits per heavy atom. The first-order valence-electron chi connectivity index (χ1n) is 12.5. The minimum absolute atomic E-state index is 0.0908. The van der Waals surface area contributed by atoms with Gasteiger partial charge in [-0.05, 0) is 56.0 Å². The average molecular weight is 550 g/mol. The normalized spacial score (nSPS) is 15.1. The summed E-state index contributed by atoms with van der Waals surface area (Å²) in [5, 5.41) is 3.31. The smallest absolute Gasteiger partial charge is 0.244 e. The van der Waals surface area contributed by atoms with Crippen molar-refractivity contribution < 1.29 is 22.7 Å². The fraction of sp³-hybridized carbons (Fsp3) is 0.481. The number of methoxy groups -OCH3 is 1. The minimum Gasteiger partial charge on any atom is -0.495 e. The number of halogens is 1. The van der Waals surface area contributed by atoms with Gasteiger partial charge in [-0.15, -0.1) is 0 Å². The van der Waals surface area contributed by atoms with Gasteiger partial charge in [0.25, 0.3) is 0 Å². The summed E-state index contributed by atoms with van der Waals surface area (Å²) < 4.78 is 31.6. The lowest BCUT2D eigenvalue weighted by Crippen LogP contribution is -2.53. The summed E-state index contributed by atoms with van der Waals surface area (Å²) in [6, 6.07) is 11.4. The van der Waals surface area contributed by atoms with Crippen molar-refractivity contribution in [3.8, 4) is 5.75 Å². The van der Waals surface area contributed by atoms with Crippen molar-refractivity contribution in [1.82, 2.24) is 10.2 Å². The average Bonchev–Trinajstić information content (AvgIpc) is 2.86. The molecule has 1 aliphatic carbocycles. The SMILES string of the molecule is COc1ccc(N(CC(=O)N(Cc2ccccc2C)[C@@H](C)C(=O)NC2CCCCC2)S(C)(=O)=O)cc1Cl.